The van der Waals surface area contributed by atoms with Crippen molar-refractivity contribution < 1.29 is 5.11 Å². The number of thiol groups is 1. The number of aromatic nitrogens is 1. The molecule has 0 amide bonds. The maximum absolute atomic E-state index is 9.68. The van der Waals surface area contributed by atoms with Gasteiger partial charge in [-0.3, -0.25) is 4.98 Å². The highest BCUT2D eigenvalue weighted by Gasteiger charge is 2.09. The lowest BCUT2D eigenvalue weighted by Crippen LogP contribution is -1.95. The van der Waals surface area contributed by atoms with Crippen molar-refractivity contribution in [3.8, 4) is 5.75 Å². The lowest BCUT2D eigenvalue weighted by molar-refractivity contribution is 0.462. The summed E-state index contributed by atoms with van der Waals surface area (Å²) in [5.41, 5.74) is 2.66. The van der Waals surface area contributed by atoms with Gasteiger partial charge < -0.3 is 5.11 Å². The standard InChI is InChI=1S/C9H13NOS2.ClH/c1-6-9(11)8(4-12)7(3-10-6)5-13-2;/h3,11-12H,4-5H2,1-2H3;1H. The zero-order valence-corrected chi connectivity index (χ0v) is 10.7. The van der Waals surface area contributed by atoms with E-state index in [0.717, 1.165) is 16.9 Å². The summed E-state index contributed by atoms with van der Waals surface area (Å²) in [6.45, 7) is 1.80. The summed E-state index contributed by atoms with van der Waals surface area (Å²) in [5.74, 6) is 1.73. The van der Waals surface area contributed by atoms with E-state index >= 15 is 0 Å². The maximum atomic E-state index is 9.68. The Labute approximate surface area is 100 Å². The fourth-order valence-corrected chi connectivity index (χ4v) is 2.05. The van der Waals surface area contributed by atoms with Crippen molar-refractivity contribution in [2.45, 2.75) is 18.4 Å². The number of rotatable bonds is 3. The average molecular weight is 252 g/mol. The van der Waals surface area contributed by atoms with Gasteiger partial charge in [0.2, 0.25) is 0 Å². The van der Waals surface area contributed by atoms with Crippen molar-refractivity contribution in [1.29, 1.82) is 0 Å². The van der Waals surface area contributed by atoms with Crippen LogP contribution in [0.5, 0.6) is 5.75 Å². The molecule has 0 radical (unpaired) electrons. The molecule has 5 heteroatoms. The number of thioether (sulfide) groups is 1. The molecular formula is C9H14ClNOS2. The molecule has 0 spiro atoms. The molecule has 0 aliphatic carbocycles. The molecule has 0 aliphatic rings. The van der Waals surface area contributed by atoms with E-state index in [1.165, 1.54) is 0 Å². The maximum Gasteiger partial charge on any atom is 0.141 e. The van der Waals surface area contributed by atoms with E-state index in [9.17, 15) is 5.11 Å². The smallest absolute Gasteiger partial charge is 0.141 e. The summed E-state index contributed by atoms with van der Waals surface area (Å²) >= 11 is 5.91. The highest BCUT2D eigenvalue weighted by molar-refractivity contribution is 7.97. The average Bonchev–Trinajstić information content (AvgIpc) is 2.12. The minimum Gasteiger partial charge on any atom is -0.506 e. The topological polar surface area (TPSA) is 33.1 Å². The Kier molecular flexibility index (Phi) is 6.40. The molecule has 80 valence electrons. The summed E-state index contributed by atoms with van der Waals surface area (Å²) < 4.78 is 0. The zero-order chi connectivity index (χ0) is 9.84. The van der Waals surface area contributed by atoms with Crippen LogP contribution in [0.3, 0.4) is 0 Å². The fraction of sp³-hybridized carbons (Fsp3) is 0.444. The predicted octanol–water partition coefficient (Wildman–Crippen LogP) is 2.81. The van der Waals surface area contributed by atoms with Crippen molar-refractivity contribution in [1.82, 2.24) is 4.98 Å². The van der Waals surface area contributed by atoms with E-state index in [0.29, 0.717) is 17.2 Å². The first-order valence-corrected chi connectivity index (χ1v) is 5.99. The van der Waals surface area contributed by atoms with E-state index in [1.54, 1.807) is 18.7 Å². The number of halogens is 1. The largest absolute Gasteiger partial charge is 0.506 e. The quantitative estimate of drug-likeness (QED) is 0.811. The van der Waals surface area contributed by atoms with E-state index in [2.05, 4.69) is 17.6 Å². The number of hydrogen-bond acceptors (Lipinski definition) is 4. The minimum absolute atomic E-state index is 0. The van der Waals surface area contributed by atoms with Crippen LogP contribution in [-0.2, 0) is 11.5 Å². The first kappa shape index (κ1) is 13.9. The van der Waals surface area contributed by atoms with Gasteiger partial charge in [0.1, 0.15) is 5.75 Å². The Morgan fingerprint density at radius 2 is 2.21 bits per heavy atom. The Bertz CT molecular complexity index is 307. The molecule has 0 unspecified atom stereocenters. The third-order valence-corrected chi connectivity index (χ3v) is 2.80. The predicted molar refractivity (Wildman–Crippen MR) is 67.8 cm³/mol. The molecule has 0 aromatic carbocycles. The second kappa shape index (κ2) is 6.43. The van der Waals surface area contributed by atoms with Gasteiger partial charge in [0.25, 0.3) is 0 Å². The van der Waals surface area contributed by atoms with Crippen LogP contribution in [0.25, 0.3) is 0 Å². The van der Waals surface area contributed by atoms with E-state index < -0.39 is 0 Å². The number of hydrogen-bond donors (Lipinski definition) is 2. The summed E-state index contributed by atoms with van der Waals surface area (Å²) in [6.07, 6.45) is 3.84. The van der Waals surface area contributed by atoms with Gasteiger partial charge in [-0.1, -0.05) is 0 Å². The number of nitrogens with zero attached hydrogens (tertiary/aromatic N) is 1. The molecule has 0 saturated heterocycles. The van der Waals surface area contributed by atoms with Gasteiger partial charge >= 0.3 is 0 Å². The van der Waals surface area contributed by atoms with Gasteiger partial charge in [0.15, 0.2) is 0 Å². The van der Waals surface area contributed by atoms with Gasteiger partial charge in [-0.2, -0.15) is 24.4 Å². The molecule has 14 heavy (non-hydrogen) atoms. The van der Waals surface area contributed by atoms with Crippen molar-refractivity contribution in [2.75, 3.05) is 6.26 Å². The lowest BCUT2D eigenvalue weighted by atomic mass is 10.1. The van der Waals surface area contributed by atoms with E-state index in [4.69, 9.17) is 0 Å². The van der Waals surface area contributed by atoms with E-state index in [1.807, 2.05) is 12.5 Å². The van der Waals surface area contributed by atoms with Crippen LogP contribution >= 0.6 is 36.8 Å². The Hall–Kier alpha value is -0.0600. The van der Waals surface area contributed by atoms with Crippen molar-refractivity contribution in [2.24, 2.45) is 0 Å². The Morgan fingerprint density at radius 1 is 1.57 bits per heavy atom. The SMILES string of the molecule is CSCc1cnc(C)c(O)c1CS.Cl. The van der Waals surface area contributed by atoms with Gasteiger partial charge in [0, 0.05) is 23.3 Å². The molecule has 2 nitrogen and oxygen atoms in total. The van der Waals surface area contributed by atoms with Crippen molar-refractivity contribution in [3.05, 3.63) is 23.0 Å². The highest BCUT2D eigenvalue weighted by Crippen LogP contribution is 2.27. The molecule has 0 fully saturated rings. The van der Waals surface area contributed by atoms with Gasteiger partial charge in [-0.25, -0.2) is 0 Å². The zero-order valence-electron chi connectivity index (χ0n) is 8.15. The summed E-state index contributed by atoms with van der Waals surface area (Å²) in [5, 5.41) is 9.68. The van der Waals surface area contributed by atoms with Gasteiger partial charge in [0.05, 0.1) is 5.69 Å². The van der Waals surface area contributed by atoms with Crippen LogP contribution in [0.4, 0.5) is 0 Å². The first-order chi connectivity index (χ1) is 6.20. The summed E-state index contributed by atoms with van der Waals surface area (Å²) in [7, 11) is 0. The monoisotopic (exact) mass is 251 g/mol. The Morgan fingerprint density at radius 3 is 2.71 bits per heavy atom. The number of aryl methyl sites for hydroxylation is 1. The summed E-state index contributed by atoms with van der Waals surface area (Å²) in [4.78, 5) is 4.11. The van der Waals surface area contributed by atoms with Crippen LogP contribution in [0.2, 0.25) is 0 Å². The molecule has 1 aromatic rings. The van der Waals surface area contributed by atoms with Crippen LogP contribution in [-0.4, -0.2) is 16.3 Å². The molecule has 0 atom stereocenters. The molecule has 1 N–H and O–H groups in total. The van der Waals surface area contributed by atoms with Gasteiger partial charge in [-0.15, -0.1) is 12.4 Å². The molecule has 0 aliphatic heterocycles. The van der Waals surface area contributed by atoms with Crippen LogP contribution in [0.15, 0.2) is 6.20 Å². The summed E-state index contributed by atoms with van der Waals surface area (Å²) in [6, 6.07) is 0. The Balaban J connectivity index is 0.00000169. The minimum atomic E-state index is 0. The van der Waals surface area contributed by atoms with Crippen LogP contribution in [0, 0.1) is 6.92 Å². The molecule has 0 bridgehead atoms. The molecule has 1 heterocycles. The molecule has 1 aromatic heterocycles. The van der Waals surface area contributed by atoms with Crippen LogP contribution < -0.4 is 0 Å². The number of pyridine rings is 1. The second-order valence-corrected chi connectivity index (χ2v) is 3.97. The fourth-order valence-electron chi connectivity index (χ4n) is 1.14. The number of aromatic hydroxyl groups is 1. The third-order valence-electron chi connectivity index (χ3n) is 1.89. The first-order valence-electron chi connectivity index (χ1n) is 3.96. The molecule has 1 rings (SSSR count). The highest BCUT2D eigenvalue weighted by atomic mass is 35.5. The van der Waals surface area contributed by atoms with E-state index in [-0.39, 0.29) is 12.4 Å². The molecule has 0 saturated carbocycles. The second-order valence-electron chi connectivity index (χ2n) is 2.79. The molecular weight excluding hydrogens is 238 g/mol. The van der Waals surface area contributed by atoms with Crippen LogP contribution in [0.1, 0.15) is 16.8 Å². The van der Waals surface area contributed by atoms with Gasteiger partial charge in [-0.05, 0) is 18.7 Å². The third kappa shape index (κ3) is 2.97. The normalized spacial score (nSPS) is 9.64. The lowest BCUT2D eigenvalue weighted by Gasteiger charge is -2.09. The van der Waals surface area contributed by atoms with Crippen molar-refractivity contribution in [3.63, 3.8) is 0 Å². The van der Waals surface area contributed by atoms with Crippen molar-refractivity contribution >= 4 is 36.8 Å².